The van der Waals surface area contributed by atoms with E-state index in [1.807, 2.05) is 0 Å². The van der Waals surface area contributed by atoms with Crippen molar-refractivity contribution in [3.05, 3.63) is 0 Å². The number of urea groups is 1. The van der Waals surface area contributed by atoms with Crippen molar-refractivity contribution in [2.45, 2.75) is 63.5 Å². The second-order valence-corrected chi connectivity index (χ2v) is 6.46. The van der Waals surface area contributed by atoms with Gasteiger partial charge in [0.05, 0.1) is 0 Å². The number of nitrogens with one attached hydrogen (secondary N) is 2. The second-order valence-electron chi connectivity index (χ2n) is 6.46. The van der Waals surface area contributed by atoms with Crippen molar-refractivity contribution < 1.29 is 29.0 Å². The highest BCUT2D eigenvalue weighted by Crippen LogP contribution is 2.29. The van der Waals surface area contributed by atoms with Crippen LogP contribution >= 0.6 is 0 Å². The van der Waals surface area contributed by atoms with Crippen LogP contribution in [0.1, 0.15) is 52.4 Å². The van der Waals surface area contributed by atoms with E-state index in [0.29, 0.717) is 24.3 Å². The van der Waals surface area contributed by atoms with Crippen LogP contribution in [0.5, 0.6) is 0 Å². The maximum Gasteiger partial charge on any atom is 0.344 e. The quantitative estimate of drug-likeness (QED) is 0.476. The zero-order chi connectivity index (χ0) is 18.0. The van der Waals surface area contributed by atoms with E-state index < -0.39 is 41.6 Å². The highest BCUT2D eigenvalue weighted by atomic mass is 16.6. The molecule has 0 aromatic rings. The molecule has 0 aromatic carbocycles. The number of esters is 1. The largest absolute Gasteiger partial charge is 0.453 e. The summed E-state index contributed by atoms with van der Waals surface area (Å²) >= 11 is 0. The summed E-state index contributed by atoms with van der Waals surface area (Å²) in [5.41, 5.74) is -0.514. The SMILES string of the molecule is CC[C@@]1(C)NC(=O)N(NC(=O)COC(=O)C2(O)CCCCC2)C1=O. The van der Waals surface area contributed by atoms with Crippen LogP contribution in [0.4, 0.5) is 4.79 Å². The van der Waals surface area contributed by atoms with Gasteiger partial charge >= 0.3 is 12.0 Å². The van der Waals surface area contributed by atoms with Crippen LogP contribution in [0.3, 0.4) is 0 Å². The maximum absolute atomic E-state index is 12.1. The molecular weight excluding hydrogens is 318 g/mol. The van der Waals surface area contributed by atoms with Gasteiger partial charge in [0.15, 0.2) is 12.2 Å². The molecule has 2 fully saturated rings. The molecule has 1 heterocycles. The molecule has 0 unspecified atom stereocenters. The number of hydrogen-bond donors (Lipinski definition) is 3. The molecule has 1 atom stereocenters. The number of hydrazine groups is 1. The molecule has 0 radical (unpaired) electrons. The Kier molecular flexibility index (Phi) is 5.12. The first-order valence-corrected chi connectivity index (χ1v) is 8.08. The predicted octanol–water partition coefficient (Wildman–Crippen LogP) is -0.0235. The molecule has 2 rings (SSSR count). The normalized spacial score (nSPS) is 26.0. The average Bonchev–Trinajstić information content (AvgIpc) is 2.77. The highest BCUT2D eigenvalue weighted by molar-refractivity contribution is 6.07. The summed E-state index contributed by atoms with van der Waals surface area (Å²) < 4.78 is 4.83. The van der Waals surface area contributed by atoms with E-state index in [1.54, 1.807) is 13.8 Å². The van der Waals surface area contributed by atoms with E-state index in [9.17, 15) is 24.3 Å². The third-order valence-corrected chi connectivity index (χ3v) is 4.60. The molecule has 1 saturated carbocycles. The van der Waals surface area contributed by atoms with Gasteiger partial charge in [0.25, 0.3) is 11.8 Å². The minimum Gasteiger partial charge on any atom is -0.453 e. The van der Waals surface area contributed by atoms with Crippen molar-refractivity contribution in [3.63, 3.8) is 0 Å². The molecule has 1 saturated heterocycles. The monoisotopic (exact) mass is 341 g/mol. The fourth-order valence-electron chi connectivity index (χ4n) is 2.79. The Hall–Kier alpha value is -2.16. The number of nitrogens with zero attached hydrogens (tertiary/aromatic N) is 1. The van der Waals surface area contributed by atoms with Crippen LogP contribution in [0.25, 0.3) is 0 Å². The van der Waals surface area contributed by atoms with E-state index in [0.717, 1.165) is 19.3 Å². The molecule has 2 aliphatic rings. The van der Waals surface area contributed by atoms with Crippen LogP contribution in [0, 0.1) is 0 Å². The first-order valence-electron chi connectivity index (χ1n) is 8.08. The molecule has 3 N–H and O–H groups in total. The van der Waals surface area contributed by atoms with Gasteiger partial charge in [0.1, 0.15) is 5.54 Å². The number of rotatable bonds is 5. The van der Waals surface area contributed by atoms with Crippen molar-refractivity contribution in [1.29, 1.82) is 0 Å². The zero-order valence-corrected chi connectivity index (χ0v) is 13.9. The molecule has 24 heavy (non-hydrogen) atoms. The molecule has 9 heteroatoms. The molecule has 0 aromatic heterocycles. The van der Waals surface area contributed by atoms with Gasteiger partial charge < -0.3 is 15.2 Å². The summed E-state index contributed by atoms with van der Waals surface area (Å²) in [5, 5.41) is 13.2. The van der Waals surface area contributed by atoms with Crippen molar-refractivity contribution >= 4 is 23.8 Å². The molecular formula is C15H23N3O6. The van der Waals surface area contributed by atoms with E-state index in [-0.39, 0.29) is 0 Å². The van der Waals surface area contributed by atoms with Gasteiger partial charge in [0.2, 0.25) is 0 Å². The van der Waals surface area contributed by atoms with Crippen LogP contribution in [0.2, 0.25) is 0 Å². The van der Waals surface area contributed by atoms with Gasteiger partial charge in [-0.1, -0.05) is 13.3 Å². The summed E-state index contributed by atoms with van der Waals surface area (Å²) in [5.74, 6) is -2.26. The number of imide groups is 1. The fourth-order valence-corrected chi connectivity index (χ4v) is 2.79. The van der Waals surface area contributed by atoms with Crippen LogP contribution in [-0.2, 0) is 19.1 Å². The molecule has 1 aliphatic carbocycles. The van der Waals surface area contributed by atoms with Gasteiger partial charge in [-0.25, -0.2) is 9.59 Å². The Morgan fingerprint density at radius 1 is 1.29 bits per heavy atom. The molecule has 1 aliphatic heterocycles. The number of ether oxygens (including phenoxy) is 1. The summed E-state index contributed by atoms with van der Waals surface area (Å²) in [6.07, 6.45) is 3.35. The van der Waals surface area contributed by atoms with Crippen molar-refractivity contribution in [2.24, 2.45) is 0 Å². The lowest BCUT2D eigenvalue weighted by atomic mass is 9.85. The molecule has 0 bridgehead atoms. The van der Waals surface area contributed by atoms with Gasteiger partial charge in [-0.05, 0) is 39.0 Å². The van der Waals surface area contributed by atoms with Crippen LogP contribution in [-0.4, -0.2) is 51.7 Å². The Bertz CT molecular complexity index is 557. The topological polar surface area (TPSA) is 125 Å². The smallest absolute Gasteiger partial charge is 0.344 e. The lowest BCUT2D eigenvalue weighted by molar-refractivity contribution is -0.171. The summed E-state index contributed by atoms with van der Waals surface area (Å²) in [4.78, 5) is 47.6. The number of carbonyl (C=O) groups is 4. The molecule has 134 valence electrons. The van der Waals surface area contributed by atoms with Crippen molar-refractivity contribution in [1.82, 2.24) is 15.8 Å². The third kappa shape index (κ3) is 3.50. The summed E-state index contributed by atoms with van der Waals surface area (Å²) in [6, 6.07) is -0.741. The van der Waals surface area contributed by atoms with E-state index in [4.69, 9.17) is 4.74 Å². The fraction of sp³-hybridized carbons (Fsp3) is 0.733. The second kappa shape index (κ2) is 6.76. The summed E-state index contributed by atoms with van der Waals surface area (Å²) in [7, 11) is 0. The van der Waals surface area contributed by atoms with E-state index in [1.165, 1.54) is 0 Å². The Labute approximate surface area is 139 Å². The zero-order valence-electron chi connectivity index (χ0n) is 13.9. The van der Waals surface area contributed by atoms with Gasteiger partial charge in [-0.15, -0.1) is 0 Å². The maximum atomic E-state index is 12.1. The van der Waals surface area contributed by atoms with Crippen LogP contribution in [0.15, 0.2) is 0 Å². The van der Waals surface area contributed by atoms with Crippen molar-refractivity contribution in [3.8, 4) is 0 Å². The average molecular weight is 341 g/mol. The minimum atomic E-state index is -1.56. The molecule has 4 amide bonds. The number of aliphatic hydroxyl groups is 1. The lowest BCUT2D eigenvalue weighted by Crippen LogP contribution is -2.50. The predicted molar refractivity (Wildman–Crippen MR) is 81.2 cm³/mol. The first-order chi connectivity index (χ1) is 11.2. The standard InChI is InChI=1S/C15H23N3O6/c1-3-14(2)11(20)18(13(22)16-14)17-10(19)9-24-12(21)15(23)7-5-4-6-8-15/h23H,3-9H2,1-2H3,(H,16,22)(H,17,19)/t14-/m1/s1. The minimum absolute atomic E-state index is 0.301. The number of carbonyl (C=O) groups excluding carboxylic acids is 4. The number of amides is 4. The Morgan fingerprint density at radius 2 is 1.92 bits per heavy atom. The number of hydrogen-bond acceptors (Lipinski definition) is 6. The first kappa shape index (κ1) is 18.2. The Balaban J connectivity index is 1.86. The van der Waals surface area contributed by atoms with Crippen LogP contribution < -0.4 is 10.7 Å². The lowest BCUT2D eigenvalue weighted by Gasteiger charge is -2.29. The highest BCUT2D eigenvalue weighted by Gasteiger charge is 2.47. The van der Waals surface area contributed by atoms with Gasteiger partial charge in [0, 0.05) is 0 Å². The van der Waals surface area contributed by atoms with Gasteiger partial charge in [-0.3, -0.25) is 15.0 Å². The third-order valence-electron chi connectivity index (χ3n) is 4.60. The van der Waals surface area contributed by atoms with E-state index >= 15 is 0 Å². The van der Waals surface area contributed by atoms with Gasteiger partial charge in [-0.2, -0.15) is 5.01 Å². The molecule has 9 nitrogen and oxygen atoms in total. The van der Waals surface area contributed by atoms with Crippen molar-refractivity contribution in [2.75, 3.05) is 6.61 Å². The summed E-state index contributed by atoms with van der Waals surface area (Å²) in [6.45, 7) is 2.61. The van der Waals surface area contributed by atoms with E-state index in [2.05, 4.69) is 10.7 Å². The molecule has 0 spiro atoms. The Morgan fingerprint density at radius 3 is 2.46 bits per heavy atom.